The van der Waals surface area contributed by atoms with Crippen molar-refractivity contribution in [2.24, 2.45) is 0 Å². The minimum Gasteiger partial charge on any atom is -0.759 e. The Balaban J connectivity index is -0.0000000206. The second-order valence-electron chi connectivity index (χ2n) is 1.22. The summed E-state index contributed by atoms with van der Waals surface area (Å²) in [4.78, 5) is 0. The fourth-order valence-corrected chi connectivity index (χ4v) is 0. The van der Waals surface area contributed by atoms with Crippen LogP contribution in [0.25, 0.3) is 0 Å². The minimum absolute atomic E-state index is 0. The topological polar surface area (TPSA) is 340 Å². The van der Waals surface area contributed by atoms with Gasteiger partial charge in [0.15, 0.2) is 0 Å². The quantitative estimate of drug-likeness (QED) is 0.297. The molecule has 1 radical (unpaired) electrons. The molecule has 0 aromatic carbocycles. The molecule has 0 aliphatic heterocycles. The molecular weight excluding hydrogens is 385 g/mol. The third kappa shape index (κ3) is 843000. The molecule has 15 nitrogen and oxygen atoms in total. The zero-order valence-electron chi connectivity index (χ0n) is 8.57. The van der Waals surface area contributed by atoms with Crippen molar-refractivity contribution in [3.8, 4) is 0 Å². The molecule has 0 saturated heterocycles. The molecule has 0 unspecified atom stereocenters. The molecule has 0 aliphatic carbocycles. The van der Waals surface area contributed by atoms with Crippen molar-refractivity contribution >= 4 is 31.2 Å². The summed E-state index contributed by atoms with van der Waals surface area (Å²) in [6.07, 6.45) is 0. The van der Waals surface area contributed by atoms with Crippen LogP contribution in [0.4, 0.5) is 0 Å². The standard InChI is InChI=1S/H3N.3H2O4S.2H2O.V/c;3*1-5(2,3)4;;;/h1H3;3*(H2,1,2,3,4);2*1H2;/p-5. The number of quaternary nitrogens is 1. The summed E-state index contributed by atoms with van der Waals surface area (Å²) in [7, 11) is -15.5. The Bertz CT molecular complexity index is 344. The first kappa shape index (κ1) is 42.7. The van der Waals surface area contributed by atoms with E-state index in [0.29, 0.717) is 0 Å². The van der Waals surface area contributed by atoms with Crippen molar-refractivity contribution in [1.29, 1.82) is 0 Å². The smallest absolute Gasteiger partial charge is 0.0311 e. The molecule has 19 heteroatoms. The molecule has 8 N–H and O–H groups in total. The van der Waals surface area contributed by atoms with Gasteiger partial charge in [-0.2, -0.15) is 0 Å². The minimum atomic E-state index is -5.17. The first-order valence-electron chi connectivity index (χ1n) is 2.00. The third-order valence-corrected chi connectivity index (χ3v) is 0. The van der Waals surface area contributed by atoms with E-state index in [2.05, 4.69) is 0 Å². The maximum atomic E-state index is 8.52. The van der Waals surface area contributed by atoms with E-state index in [4.69, 9.17) is 52.6 Å². The van der Waals surface area contributed by atoms with Gasteiger partial charge in [-0.3, -0.25) is 25.3 Å². The Hall–Kier alpha value is 0.0744. The van der Waals surface area contributed by atoms with Gasteiger partial charge in [-0.1, -0.05) is 0 Å². The van der Waals surface area contributed by atoms with Gasteiger partial charge in [-0.25, -0.2) is 0 Å². The van der Waals surface area contributed by atoms with Crippen molar-refractivity contribution in [2.75, 3.05) is 0 Å². The first-order chi connectivity index (χ1) is 6.00. The van der Waals surface area contributed by atoms with Gasteiger partial charge >= 0.3 is 0 Å². The average molecular weight is 393 g/mol. The van der Waals surface area contributed by atoms with Gasteiger partial charge in [0, 0.05) is 49.8 Å². The summed E-state index contributed by atoms with van der Waals surface area (Å²) >= 11 is 0. The SMILES string of the molecule is O.O.O=S(=O)([O-])[O-].O=S(=O)([O-])[O-].O=S(=O)([O-])[O-].[NH4+].[V]. The number of hydrogen-bond donors (Lipinski definition) is 1. The molecule has 19 heavy (non-hydrogen) atoms. The summed E-state index contributed by atoms with van der Waals surface area (Å²) in [5.74, 6) is 0. The number of hydrogen-bond acceptors (Lipinski definition) is 12. The van der Waals surface area contributed by atoms with Crippen LogP contribution in [0.1, 0.15) is 0 Å². The van der Waals surface area contributed by atoms with Crippen LogP contribution in [0.2, 0.25) is 0 Å². The molecule has 0 rings (SSSR count). The molecular formula is H8NO14S3V-5. The summed E-state index contributed by atoms with van der Waals surface area (Å²) in [5, 5.41) is 0. The second kappa shape index (κ2) is 16.1. The van der Waals surface area contributed by atoms with Gasteiger partial charge in [-0.05, 0) is 0 Å². The molecule has 0 amide bonds. The maximum absolute atomic E-state index is 8.52. The second-order valence-corrected chi connectivity index (χ2v) is 3.67. The Kier molecular flexibility index (Phi) is 36.3. The zero-order chi connectivity index (χ0) is 13.5. The molecule has 125 valence electrons. The van der Waals surface area contributed by atoms with Gasteiger partial charge in [0.25, 0.3) is 0 Å². The van der Waals surface area contributed by atoms with Crippen LogP contribution in [0.3, 0.4) is 0 Å². The average Bonchev–Trinajstić information content (AvgIpc) is 1.41. The van der Waals surface area contributed by atoms with E-state index in [0.717, 1.165) is 0 Å². The maximum Gasteiger partial charge on any atom is 0.0311 e. The monoisotopic (exact) mass is 393 g/mol. The van der Waals surface area contributed by atoms with Crippen LogP contribution >= 0.6 is 0 Å². The summed E-state index contributed by atoms with van der Waals surface area (Å²) in [5.41, 5.74) is 0. The third-order valence-electron chi connectivity index (χ3n) is 0. The first-order valence-corrected chi connectivity index (χ1v) is 6.00. The van der Waals surface area contributed by atoms with Crippen molar-refractivity contribution in [3.63, 3.8) is 0 Å². The molecule has 0 atom stereocenters. The molecule has 0 saturated carbocycles. The van der Waals surface area contributed by atoms with E-state index in [1.54, 1.807) is 0 Å². The fraction of sp³-hybridized carbons (Fsp3) is 0. The normalized spacial score (nSPS) is 9.16. The largest absolute Gasteiger partial charge is 0.759 e. The van der Waals surface area contributed by atoms with Gasteiger partial charge in [0.2, 0.25) is 0 Å². The molecule has 0 aromatic rings. The number of rotatable bonds is 0. The van der Waals surface area contributed by atoms with E-state index in [9.17, 15) is 0 Å². The summed E-state index contributed by atoms with van der Waals surface area (Å²) in [6.45, 7) is 0. The Labute approximate surface area is 119 Å². The van der Waals surface area contributed by atoms with Crippen LogP contribution in [-0.2, 0) is 49.8 Å². The van der Waals surface area contributed by atoms with E-state index in [1.807, 2.05) is 0 Å². The van der Waals surface area contributed by atoms with Crippen molar-refractivity contribution in [1.82, 2.24) is 6.15 Å². The van der Waals surface area contributed by atoms with Crippen molar-refractivity contribution in [3.05, 3.63) is 0 Å². The predicted octanol–water partition coefficient (Wildman–Crippen LogP) is -5.29. The molecule has 0 heterocycles. The van der Waals surface area contributed by atoms with Crippen LogP contribution < -0.4 is 6.15 Å². The zero-order valence-corrected chi connectivity index (χ0v) is 12.4. The van der Waals surface area contributed by atoms with Gasteiger partial charge in [0.1, 0.15) is 0 Å². The van der Waals surface area contributed by atoms with Crippen molar-refractivity contribution in [2.45, 2.75) is 0 Å². The van der Waals surface area contributed by atoms with Gasteiger partial charge in [0.05, 0.1) is 0 Å². The van der Waals surface area contributed by atoms with E-state index in [-0.39, 0.29) is 35.7 Å². The molecule has 0 aromatic heterocycles. The predicted molar refractivity (Wildman–Crippen MR) is 44.6 cm³/mol. The van der Waals surface area contributed by atoms with Crippen LogP contribution in [0.5, 0.6) is 0 Å². The molecule has 0 bridgehead atoms. The van der Waals surface area contributed by atoms with Crippen LogP contribution in [0.15, 0.2) is 0 Å². The Morgan fingerprint density at radius 3 is 0.474 bits per heavy atom. The molecule has 0 aliphatic rings. The van der Waals surface area contributed by atoms with E-state index >= 15 is 0 Å². The Morgan fingerprint density at radius 1 is 0.474 bits per heavy atom. The van der Waals surface area contributed by atoms with Gasteiger partial charge < -0.3 is 44.4 Å². The van der Waals surface area contributed by atoms with Crippen molar-refractivity contribution < 1.29 is 82.1 Å². The molecule has 0 spiro atoms. The van der Waals surface area contributed by atoms with Crippen LogP contribution in [0, 0.1) is 0 Å². The Morgan fingerprint density at radius 2 is 0.474 bits per heavy atom. The molecule has 0 fully saturated rings. The summed E-state index contributed by atoms with van der Waals surface area (Å²) < 4.78 is 102. The van der Waals surface area contributed by atoms with Gasteiger partial charge in [-0.15, -0.1) is 0 Å². The van der Waals surface area contributed by atoms with Crippen LogP contribution in [-0.4, -0.2) is 63.5 Å². The fourth-order valence-electron chi connectivity index (χ4n) is 0. The van der Waals surface area contributed by atoms with E-state index in [1.165, 1.54) is 0 Å². The van der Waals surface area contributed by atoms with E-state index < -0.39 is 31.2 Å². The summed E-state index contributed by atoms with van der Waals surface area (Å²) in [6, 6.07) is 0.